The number of carbonyl (C=O) groups excluding carboxylic acids is 1. The Morgan fingerprint density at radius 2 is 1.15 bits per heavy atom. The maximum Gasteiger partial charge on any atom is 0.394 e. The zero-order chi connectivity index (χ0) is 16.5. The molecule has 0 aliphatic heterocycles. The number of rotatable bonds is 7. The summed E-state index contributed by atoms with van der Waals surface area (Å²) in [6.07, 6.45) is -10.9. The summed E-state index contributed by atoms with van der Waals surface area (Å²) in [4.78, 5) is 44.8. The van der Waals surface area contributed by atoms with Gasteiger partial charge in [0.25, 0.3) is 5.52 Å². The Morgan fingerprint density at radius 1 is 0.750 bits per heavy atom. The van der Waals surface area contributed by atoms with Gasteiger partial charge in [-0.15, -0.1) is 0 Å². The van der Waals surface area contributed by atoms with Crippen molar-refractivity contribution in [3.63, 3.8) is 0 Å². The third-order valence-corrected chi connectivity index (χ3v) is 4.05. The van der Waals surface area contributed by atoms with E-state index in [0.29, 0.717) is 0 Å². The van der Waals surface area contributed by atoms with Gasteiger partial charge >= 0.3 is 15.2 Å². The highest BCUT2D eigenvalue weighted by Gasteiger charge is 2.45. The van der Waals surface area contributed by atoms with E-state index >= 15 is 0 Å². The first kappa shape index (κ1) is 19.8. The normalized spacial score (nSPS) is 20.9. The molecule has 0 bridgehead atoms. The molecule has 0 spiro atoms. The van der Waals surface area contributed by atoms with Gasteiger partial charge in [-0.05, 0) is 0 Å². The van der Waals surface area contributed by atoms with E-state index < -0.39 is 51.0 Å². The van der Waals surface area contributed by atoms with Gasteiger partial charge in [-0.2, -0.15) is 0 Å². The summed E-state index contributed by atoms with van der Waals surface area (Å²) >= 11 is 0. The number of aliphatic hydroxyl groups is 5. The molecule has 0 amide bonds. The summed E-state index contributed by atoms with van der Waals surface area (Å²) in [5.41, 5.74) is -2.18. The maximum atomic E-state index is 10.9. The molecule has 0 heterocycles. The van der Waals surface area contributed by atoms with Crippen LogP contribution in [0, 0.1) is 0 Å². The molecule has 0 radical (unpaired) electrons. The Kier molecular flexibility index (Phi) is 6.61. The topological polar surface area (TPSA) is 233 Å². The Labute approximate surface area is 111 Å². The number of aliphatic hydroxyl groups excluding tert-OH is 5. The minimum absolute atomic E-state index is 2.18. The summed E-state index contributed by atoms with van der Waals surface area (Å²) in [5.74, 6) is -2.84. The fourth-order valence-electron chi connectivity index (χ4n) is 1.08. The lowest BCUT2D eigenvalue weighted by Gasteiger charge is -2.28. The van der Waals surface area contributed by atoms with Gasteiger partial charge in [0.05, 0.1) is 0 Å². The van der Waals surface area contributed by atoms with E-state index in [1.807, 2.05) is 0 Å². The van der Waals surface area contributed by atoms with Crippen LogP contribution in [0.3, 0.4) is 0 Å². The van der Waals surface area contributed by atoms with Crippen molar-refractivity contribution in [3.8, 4) is 0 Å². The lowest BCUT2D eigenvalue weighted by molar-refractivity contribution is -0.144. The largest absolute Gasteiger partial charge is 0.394 e. The van der Waals surface area contributed by atoms with Crippen molar-refractivity contribution in [3.05, 3.63) is 0 Å². The molecule has 0 rings (SSSR count). The molecule has 1 unspecified atom stereocenters. The van der Waals surface area contributed by atoms with E-state index in [2.05, 4.69) is 0 Å². The van der Waals surface area contributed by atoms with E-state index in [-0.39, 0.29) is 0 Å². The molecular weight excluding hydrogens is 326 g/mol. The Balaban J connectivity index is 5.03. The van der Waals surface area contributed by atoms with Crippen LogP contribution < -0.4 is 0 Å². The van der Waals surface area contributed by atoms with Gasteiger partial charge in [-0.1, -0.05) is 0 Å². The Hall–Kier alpha value is -0.230. The van der Waals surface area contributed by atoms with Crippen molar-refractivity contribution in [2.45, 2.75) is 30.3 Å². The highest BCUT2D eigenvalue weighted by molar-refractivity contribution is 7.70. The summed E-state index contributed by atoms with van der Waals surface area (Å²) in [6, 6.07) is 0. The van der Waals surface area contributed by atoms with Crippen molar-refractivity contribution in [2.75, 3.05) is 0 Å². The molecule has 9 N–H and O–H groups in total. The fourth-order valence-corrected chi connectivity index (χ4v) is 2.15. The summed E-state index contributed by atoms with van der Waals surface area (Å²) in [5, 5.41) is 45.6. The van der Waals surface area contributed by atoms with Crippen LogP contribution in [0.2, 0.25) is 0 Å². The first-order valence-corrected chi connectivity index (χ1v) is 8.06. The quantitative estimate of drug-likeness (QED) is 0.200. The van der Waals surface area contributed by atoms with Crippen LogP contribution in [0.1, 0.15) is 0 Å². The van der Waals surface area contributed by atoms with Gasteiger partial charge in [-0.25, -0.2) is 0 Å². The van der Waals surface area contributed by atoms with Gasteiger partial charge in [0.2, 0.25) is 0 Å². The molecular formula is C6H14O12P2. The average molecular weight is 340 g/mol. The smallest absolute Gasteiger partial charge is 0.387 e. The second kappa shape index (κ2) is 6.69. The minimum Gasteiger partial charge on any atom is -0.387 e. The van der Waals surface area contributed by atoms with Gasteiger partial charge in [-0.3, -0.25) is 13.9 Å². The summed E-state index contributed by atoms with van der Waals surface area (Å²) in [6.45, 7) is 0. The molecule has 0 saturated heterocycles. The first-order valence-electron chi connectivity index (χ1n) is 4.76. The third kappa shape index (κ3) is 4.95. The maximum absolute atomic E-state index is 10.9. The lowest BCUT2D eigenvalue weighted by atomic mass is 10.0. The zero-order valence-electron chi connectivity index (χ0n) is 9.53. The van der Waals surface area contributed by atoms with Gasteiger partial charge < -0.3 is 45.1 Å². The molecule has 0 aliphatic rings. The van der Waals surface area contributed by atoms with Crippen LogP contribution in [0.4, 0.5) is 0 Å². The molecule has 120 valence electrons. The molecule has 0 aromatic rings. The molecule has 5 atom stereocenters. The van der Waals surface area contributed by atoms with Crippen LogP contribution in [0.15, 0.2) is 0 Å². The second-order valence-corrected chi connectivity index (χ2v) is 7.04. The van der Waals surface area contributed by atoms with Crippen LogP contribution in [-0.4, -0.2) is 80.9 Å². The van der Waals surface area contributed by atoms with E-state index in [9.17, 15) is 24.1 Å². The van der Waals surface area contributed by atoms with Crippen LogP contribution in [0.5, 0.6) is 0 Å². The van der Waals surface area contributed by atoms with E-state index in [1.165, 1.54) is 0 Å². The predicted molar refractivity (Wildman–Crippen MR) is 59.1 cm³/mol. The van der Waals surface area contributed by atoms with Crippen LogP contribution in [0.25, 0.3) is 0 Å². The molecule has 14 heteroatoms. The van der Waals surface area contributed by atoms with E-state index in [0.717, 1.165) is 0 Å². The van der Waals surface area contributed by atoms with Crippen molar-refractivity contribution >= 4 is 20.7 Å². The second-order valence-electron chi connectivity index (χ2n) is 3.80. The highest BCUT2D eigenvalue weighted by atomic mass is 31.2. The molecule has 0 aromatic carbocycles. The molecule has 0 saturated carbocycles. The molecule has 12 nitrogen and oxygen atoms in total. The van der Waals surface area contributed by atoms with Gasteiger partial charge in [0, 0.05) is 0 Å². The van der Waals surface area contributed by atoms with Crippen LogP contribution >= 0.6 is 15.2 Å². The fraction of sp³-hybridized carbons (Fsp3) is 0.833. The molecule has 0 aliphatic carbocycles. The van der Waals surface area contributed by atoms with E-state index in [1.54, 1.807) is 0 Å². The standard InChI is InChI=1S/C6H14O12P2/c7-1(3(9)5(11)19(13,14)15)2(8)4(10)6(12)20(16,17)18/h1-5,7-11H,(H2,13,14,15)(H2,16,17,18)/t1-,2-,3-,4-,5?/m0/s1. The zero-order valence-corrected chi connectivity index (χ0v) is 11.3. The van der Waals surface area contributed by atoms with Crippen molar-refractivity contribution in [1.82, 2.24) is 0 Å². The molecule has 20 heavy (non-hydrogen) atoms. The number of hydrogen-bond donors (Lipinski definition) is 9. The average Bonchev–Trinajstić information content (AvgIpc) is 2.30. The van der Waals surface area contributed by atoms with Crippen LogP contribution in [-0.2, 0) is 13.9 Å². The SMILES string of the molecule is O=C([C@@H](O)[C@@H](O)[C@H](O)[C@H](O)C(O)P(=O)(O)O)P(=O)(O)O. The van der Waals surface area contributed by atoms with Gasteiger partial charge in [0.15, 0.2) is 11.9 Å². The molecule has 0 fully saturated rings. The third-order valence-electron chi connectivity index (χ3n) is 2.21. The first-order chi connectivity index (χ1) is 8.71. The predicted octanol–water partition coefficient (Wildman–Crippen LogP) is -4.37. The van der Waals surface area contributed by atoms with Gasteiger partial charge in [0.1, 0.15) is 18.3 Å². The Morgan fingerprint density at radius 3 is 1.45 bits per heavy atom. The highest BCUT2D eigenvalue weighted by Crippen LogP contribution is 2.42. The van der Waals surface area contributed by atoms with Crippen molar-refractivity contribution < 1.29 is 59.0 Å². The monoisotopic (exact) mass is 340 g/mol. The Bertz CT molecular complexity index is 437. The van der Waals surface area contributed by atoms with E-state index in [4.69, 9.17) is 34.9 Å². The summed E-state index contributed by atoms with van der Waals surface area (Å²) in [7, 11) is -10.7. The molecule has 0 aromatic heterocycles. The minimum atomic E-state index is -5.45. The summed E-state index contributed by atoms with van der Waals surface area (Å²) < 4.78 is 21.1. The number of hydrogen-bond acceptors (Lipinski definition) is 8. The van der Waals surface area contributed by atoms with Crippen molar-refractivity contribution in [2.24, 2.45) is 0 Å². The lowest BCUT2D eigenvalue weighted by Crippen LogP contribution is -2.51. The number of carbonyl (C=O) groups is 1. The van der Waals surface area contributed by atoms with Crippen molar-refractivity contribution in [1.29, 1.82) is 0 Å².